The third-order valence-corrected chi connectivity index (χ3v) is 3.05. The minimum Gasteiger partial charge on any atom is -0.489 e. The quantitative estimate of drug-likeness (QED) is 0.628. The molecule has 0 amide bonds. The van der Waals surface area contributed by atoms with Gasteiger partial charge in [0.2, 0.25) is 0 Å². The van der Waals surface area contributed by atoms with Gasteiger partial charge in [-0.3, -0.25) is 4.79 Å². The summed E-state index contributed by atoms with van der Waals surface area (Å²) in [6, 6.07) is 15.3. The van der Waals surface area contributed by atoms with Gasteiger partial charge >= 0.3 is 0 Å². The van der Waals surface area contributed by atoms with Gasteiger partial charge in [0, 0.05) is 9.13 Å². The minimum absolute atomic E-state index is 0.514. The smallest absolute Gasteiger partial charge is 0.150 e. The second kappa shape index (κ2) is 5.82. The highest BCUT2D eigenvalue weighted by Crippen LogP contribution is 2.15. The molecule has 0 spiro atoms. The molecule has 0 aromatic heterocycles. The Hall–Kier alpha value is -1.36. The summed E-state index contributed by atoms with van der Waals surface area (Å²) in [5.41, 5.74) is 1.73. The SMILES string of the molecule is O=Cc1ccc(COc2ccc(I)cc2)cc1. The van der Waals surface area contributed by atoms with Gasteiger partial charge < -0.3 is 4.74 Å². The van der Waals surface area contributed by atoms with Crippen LogP contribution in [0.15, 0.2) is 48.5 Å². The Morgan fingerprint density at radius 2 is 1.65 bits per heavy atom. The van der Waals surface area contributed by atoms with Crippen LogP contribution in [-0.2, 0) is 6.61 Å². The van der Waals surface area contributed by atoms with E-state index in [4.69, 9.17) is 4.74 Å². The van der Waals surface area contributed by atoms with Gasteiger partial charge in [-0.05, 0) is 52.4 Å². The molecule has 0 saturated carbocycles. The number of carbonyl (C=O) groups is 1. The Morgan fingerprint density at radius 1 is 1.00 bits per heavy atom. The molecule has 0 aliphatic rings. The highest BCUT2D eigenvalue weighted by atomic mass is 127. The predicted octanol–water partition coefficient (Wildman–Crippen LogP) is 3.68. The number of rotatable bonds is 4. The van der Waals surface area contributed by atoms with E-state index < -0.39 is 0 Å². The lowest BCUT2D eigenvalue weighted by molar-refractivity contribution is 0.112. The molecular weight excluding hydrogens is 327 g/mol. The van der Waals surface area contributed by atoms with E-state index in [-0.39, 0.29) is 0 Å². The Morgan fingerprint density at radius 3 is 2.24 bits per heavy atom. The molecule has 2 nitrogen and oxygen atoms in total. The number of halogens is 1. The fourth-order valence-corrected chi connectivity index (χ4v) is 1.75. The molecular formula is C14H11IO2. The number of ether oxygens (including phenoxy) is 1. The van der Waals surface area contributed by atoms with Crippen molar-refractivity contribution in [2.45, 2.75) is 6.61 Å². The lowest BCUT2D eigenvalue weighted by Crippen LogP contribution is -1.95. The zero-order chi connectivity index (χ0) is 12.1. The molecule has 0 aliphatic heterocycles. The van der Waals surface area contributed by atoms with Crippen molar-refractivity contribution in [3.63, 3.8) is 0 Å². The lowest BCUT2D eigenvalue weighted by Gasteiger charge is -2.06. The zero-order valence-corrected chi connectivity index (χ0v) is 11.3. The summed E-state index contributed by atoms with van der Waals surface area (Å²) in [7, 11) is 0. The van der Waals surface area contributed by atoms with Gasteiger partial charge in [0.15, 0.2) is 0 Å². The van der Waals surface area contributed by atoms with Crippen LogP contribution in [-0.4, -0.2) is 6.29 Å². The molecule has 0 unspecified atom stereocenters. The second-order valence-electron chi connectivity index (χ2n) is 3.60. The molecule has 17 heavy (non-hydrogen) atoms. The fraction of sp³-hybridized carbons (Fsp3) is 0.0714. The van der Waals surface area contributed by atoms with Crippen LogP contribution in [0.4, 0.5) is 0 Å². The van der Waals surface area contributed by atoms with Gasteiger partial charge in [0.1, 0.15) is 18.6 Å². The highest BCUT2D eigenvalue weighted by molar-refractivity contribution is 14.1. The number of aldehydes is 1. The van der Waals surface area contributed by atoms with Crippen molar-refractivity contribution >= 4 is 28.9 Å². The molecule has 0 bridgehead atoms. The second-order valence-corrected chi connectivity index (χ2v) is 4.85. The summed E-state index contributed by atoms with van der Waals surface area (Å²) < 4.78 is 6.81. The molecule has 0 N–H and O–H groups in total. The van der Waals surface area contributed by atoms with Crippen molar-refractivity contribution in [3.8, 4) is 5.75 Å². The molecule has 0 heterocycles. The molecule has 0 aliphatic carbocycles. The predicted molar refractivity (Wildman–Crippen MR) is 75.3 cm³/mol. The van der Waals surface area contributed by atoms with E-state index in [1.807, 2.05) is 36.4 Å². The van der Waals surface area contributed by atoms with Gasteiger partial charge in [0.05, 0.1) is 0 Å². The van der Waals surface area contributed by atoms with E-state index in [0.717, 1.165) is 17.6 Å². The first-order chi connectivity index (χ1) is 8.28. The first-order valence-electron chi connectivity index (χ1n) is 5.20. The number of carbonyl (C=O) groups excluding carboxylic acids is 1. The standard InChI is InChI=1S/C14H11IO2/c15-13-5-7-14(8-6-13)17-10-12-3-1-11(9-16)2-4-12/h1-9H,10H2. The average molecular weight is 338 g/mol. The van der Waals surface area contributed by atoms with Crippen LogP contribution < -0.4 is 4.74 Å². The van der Waals surface area contributed by atoms with Gasteiger partial charge in [-0.15, -0.1) is 0 Å². The maximum atomic E-state index is 10.5. The molecule has 86 valence electrons. The summed E-state index contributed by atoms with van der Waals surface area (Å²) in [5, 5.41) is 0. The van der Waals surface area contributed by atoms with Crippen molar-refractivity contribution in [2.75, 3.05) is 0 Å². The summed E-state index contributed by atoms with van der Waals surface area (Å²) in [4.78, 5) is 10.5. The van der Waals surface area contributed by atoms with E-state index >= 15 is 0 Å². The summed E-state index contributed by atoms with van der Waals surface area (Å²) in [6.07, 6.45) is 0.837. The van der Waals surface area contributed by atoms with E-state index in [9.17, 15) is 4.79 Å². The topological polar surface area (TPSA) is 26.3 Å². The van der Waals surface area contributed by atoms with Gasteiger partial charge in [-0.25, -0.2) is 0 Å². The van der Waals surface area contributed by atoms with Gasteiger partial charge in [-0.2, -0.15) is 0 Å². The molecule has 0 radical (unpaired) electrons. The average Bonchev–Trinajstić information content (AvgIpc) is 2.39. The normalized spacial score (nSPS) is 9.94. The van der Waals surface area contributed by atoms with E-state index in [1.165, 1.54) is 3.57 Å². The first kappa shape index (κ1) is 12.1. The lowest BCUT2D eigenvalue weighted by atomic mass is 10.2. The van der Waals surface area contributed by atoms with Crippen LogP contribution in [0.5, 0.6) is 5.75 Å². The Balaban J connectivity index is 1.97. The minimum atomic E-state index is 0.514. The Bertz CT molecular complexity index is 489. The first-order valence-corrected chi connectivity index (χ1v) is 6.28. The highest BCUT2D eigenvalue weighted by Gasteiger charge is 1.96. The van der Waals surface area contributed by atoms with Crippen LogP contribution in [0.3, 0.4) is 0 Å². The molecule has 2 aromatic carbocycles. The van der Waals surface area contributed by atoms with Crippen molar-refractivity contribution in [2.24, 2.45) is 0 Å². The van der Waals surface area contributed by atoms with Crippen LogP contribution >= 0.6 is 22.6 Å². The monoisotopic (exact) mass is 338 g/mol. The molecule has 2 aromatic rings. The Labute approximate surface area is 114 Å². The van der Waals surface area contributed by atoms with Crippen LogP contribution in [0, 0.1) is 3.57 Å². The summed E-state index contributed by atoms with van der Waals surface area (Å²) in [5.74, 6) is 0.852. The van der Waals surface area contributed by atoms with Crippen molar-refractivity contribution < 1.29 is 9.53 Å². The molecule has 0 saturated heterocycles. The van der Waals surface area contributed by atoms with Crippen LogP contribution in [0.2, 0.25) is 0 Å². The van der Waals surface area contributed by atoms with Gasteiger partial charge in [-0.1, -0.05) is 24.3 Å². The summed E-state index contributed by atoms with van der Waals surface area (Å²) >= 11 is 2.26. The van der Waals surface area contributed by atoms with Crippen LogP contribution in [0.25, 0.3) is 0 Å². The largest absolute Gasteiger partial charge is 0.489 e. The number of hydrogen-bond donors (Lipinski definition) is 0. The molecule has 0 fully saturated rings. The third-order valence-electron chi connectivity index (χ3n) is 2.33. The van der Waals surface area contributed by atoms with Crippen molar-refractivity contribution in [1.29, 1.82) is 0 Å². The Kier molecular flexibility index (Phi) is 4.14. The van der Waals surface area contributed by atoms with E-state index in [0.29, 0.717) is 12.2 Å². The third kappa shape index (κ3) is 3.56. The van der Waals surface area contributed by atoms with E-state index in [1.54, 1.807) is 12.1 Å². The maximum absolute atomic E-state index is 10.5. The summed E-state index contributed by atoms with van der Waals surface area (Å²) in [6.45, 7) is 0.514. The van der Waals surface area contributed by atoms with Crippen molar-refractivity contribution in [3.05, 3.63) is 63.2 Å². The number of hydrogen-bond acceptors (Lipinski definition) is 2. The van der Waals surface area contributed by atoms with E-state index in [2.05, 4.69) is 22.6 Å². The maximum Gasteiger partial charge on any atom is 0.150 e. The molecule has 3 heteroatoms. The van der Waals surface area contributed by atoms with Crippen molar-refractivity contribution in [1.82, 2.24) is 0 Å². The zero-order valence-electron chi connectivity index (χ0n) is 9.10. The fourth-order valence-electron chi connectivity index (χ4n) is 1.39. The van der Waals surface area contributed by atoms with Crippen LogP contribution in [0.1, 0.15) is 15.9 Å². The van der Waals surface area contributed by atoms with Gasteiger partial charge in [0.25, 0.3) is 0 Å². The molecule has 0 atom stereocenters. The number of benzene rings is 2. The molecule has 2 rings (SSSR count).